The standard InChI is InChI=1S/C22H23N7O2S/c1-16-15-21(28(2)3)26-22(24-16)25-17-5-7-18(8-6-17)27-32(30,31)20-11-9-19(10-12-20)29-14-4-13-23-29/h4-15,27H,1-3H3,(H,24,25,26). The molecular weight excluding hydrogens is 426 g/mol. The number of aryl methyl sites for hydroxylation is 1. The molecule has 2 N–H and O–H groups in total. The minimum absolute atomic E-state index is 0.167. The quantitative estimate of drug-likeness (QED) is 0.444. The summed E-state index contributed by atoms with van der Waals surface area (Å²) in [5.74, 6) is 1.27. The van der Waals surface area contributed by atoms with Gasteiger partial charge in [0.1, 0.15) is 5.82 Å². The van der Waals surface area contributed by atoms with Gasteiger partial charge in [0.15, 0.2) is 0 Å². The van der Waals surface area contributed by atoms with E-state index >= 15 is 0 Å². The first-order valence-corrected chi connectivity index (χ1v) is 11.3. The van der Waals surface area contributed by atoms with Crippen LogP contribution < -0.4 is 14.9 Å². The average molecular weight is 450 g/mol. The van der Waals surface area contributed by atoms with Gasteiger partial charge in [-0.25, -0.2) is 18.1 Å². The van der Waals surface area contributed by atoms with Gasteiger partial charge in [0.25, 0.3) is 10.0 Å². The van der Waals surface area contributed by atoms with Crippen LogP contribution in [0.1, 0.15) is 5.69 Å². The van der Waals surface area contributed by atoms with Crippen LogP contribution in [0.3, 0.4) is 0 Å². The van der Waals surface area contributed by atoms with Crippen molar-refractivity contribution >= 4 is 33.2 Å². The first kappa shape index (κ1) is 21.3. The van der Waals surface area contributed by atoms with E-state index in [4.69, 9.17) is 0 Å². The van der Waals surface area contributed by atoms with E-state index in [1.54, 1.807) is 71.7 Å². The van der Waals surface area contributed by atoms with Crippen LogP contribution >= 0.6 is 0 Å². The Morgan fingerprint density at radius 2 is 1.62 bits per heavy atom. The number of hydrogen-bond acceptors (Lipinski definition) is 7. The number of nitrogens with zero attached hydrogens (tertiary/aromatic N) is 5. The second-order valence-corrected chi connectivity index (χ2v) is 9.02. The van der Waals surface area contributed by atoms with Crippen molar-refractivity contribution in [2.24, 2.45) is 0 Å². The summed E-state index contributed by atoms with van der Waals surface area (Å²) < 4.78 is 29.7. The third-order valence-electron chi connectivity index (χ3n) is 4.61. The van der Waals surface area contributed by atoms with Gasteiger partial charge in [0, 0.05) is 49.6 Å². The molecule has 0 radical (unpaired) electrons. The Bertz CT molecular complexity index is 1300. The van der Waals surface area contributed by atoms with Crippen LogP contribution in [0.2, 0.25) is 0 Å². The summed E-state index contributed by atoms with van der Waals surface area (Å²) in [6.45, 7) is 1.90. The number of rotatable bonds is 7. The van der Waals surface area contributed by atoms with Gasteiger partial charge in [-0.3, -0.25) is 4.72 Å². The molecule has 4 aromatic rings. The van der Waals surface area contributed by atoms with E-state index in [2.05, 4.69) is 25.1 Å². The van der Waals surface area contributed by atoms with Gasteiger partial charge >= 0.3 is 0 Å². The van der Waals surface area contributed by atoms with Crippen LogP contribution in [-0.2, 0) is 10.0 Å². The molecule has 0 aliphatic carbocycles. The van der Waals surface area contributed by atoms with Crippen LogP contribution in [0, 0.1) is 6.92 Å². The number of nitrogens with one attached hydrogen (secondary N) is 2. The molecule has 0 amide bonds. The van der Waals surface area contributed by atoms with Crippen molar-refractivity contribution in [2.75, 3.05) is 29.0 Å². The van der Waals surface area contributed by atoms with Crippen molar-refractivity contribution < 1.29 is 8.42 Å². The SMILES string of the molecule is Cc1cc(N(C)C)nc(Nc2ccc(NS(=O)(=O)c3ccc(-n4cccn4)cc3)cc2)n1. The Morgan fingerprint density at radius 1 is 0.938 bits per heavy atom. The summed E-state index contributed by atoms with van der Waals surface area (Å²) in [7, 11) is 0.106. The summed E-state index contributed by atoms with van der Waals surface area (Å²) in [6.07, 6.45) is 3.46. The molecule has 0 saturated heterocycles. The first-order chi connectivity index (χ1) is 15.3. The highest BCUT2D eigenvalue weighted by atomic mass is 32.2. The van der Waals surface area contributed by atoms with E-state index in [9.17, 15) is 8.42 Å². The second-order valence-electron chi connectivity index (χ2n) is 7.34. The van der Waals surface area contributed by atoms with Gasteiger partial charge < -0.3 is 10.2 Å². The Balaban J connectivity index is 1.46. The molecule has 0 saturated carbocycles. The Kier molecular flexibility index (Phi) is 5.78. The summed E-state index contributed by atoms with van der Waals surface area (Å²) in [4.78, 5) is 10.9. The fourth-order valence-corrected chi connectivity index (χ4v) is 4.06. The molecule has 0 spiro atoms. The first-order valence-electron chi connectivity index (χ1n) is 9.83. The van der Waals surface area contributed by atoms with E-state index in [0.717, 1.165) is 22.9 Å². The zero-order chi connectivity index (χ0) is 22.7. The van der Waals surface area contributed by atoms with Crippen LogP contribution in [-0.4, -0.2) is 42.3 Å². The van der Waals surface area contributed by atoms with Crippen LogP contribution in [0.15, 0.2) is 78.0 Å². The summed E-state index contributed by atoms with van der Waals surface area (Å²) in [5, 5.41) is 7.28. The zero-order valence-corrected chi connectivity index (χ0v) is 18.7. The van der Waals surface area contributed by atoms with Crippen molar-refractivity contribution in [1.82, 2.24) is 19.7 Å². The molecule has 9 nitrogen and oxygen atoms in total. The molecule has 32 heavy (non-hydrogen) atoms. The maximum atomic E-state index is 12.7. The third kappa shape index (κ3) is 4.86. The Morgan fingerprint density at radius 3 is 2.25 bits per heavy atom. The van der Waals surface area contributed by atoms with Crippen molar-refractivity contribution in [2.45, 2.75) is 11.8 Å². The van der Waals surface area contributed by atoms with Gasteiger partial charge in [-0.1, -0.05) is 0 Å². The van der Waals surface area contributed by atoms with Crippen molar-refractivity contribution in [3.63, 3.8) is 0 Å². The number of aromatic nitrogens is 4. The van der Waals surface area contributed by atoms with E-state index in [1.165, 1.54) is 0 Å². The molecule has 4 rings (SSSR count). The van der Waals surface area contributed by atoms with E-state index < -0.39 is 10.0 Å². The highest BCUT2D eigenvalue weighted by Gasteiger charge is 2.14. The van der Waals surface area contributed by atoms with Gasteiger partial charge in [0.05, 0.1) is 10.6 Å². The summed E-state index contributed by atoms with van der Waals surface area (Å²) >= 11 is 0. The summed E-state index contributed by atoms with van der Waals surface area (Å²) in [5.41, 5.74) is 2.81. The van der Waals surface area contributed by atoms with Crippen molar-refractivity contribution in [1.29, 1.82) is 0 Å². The molecule has 0 aliphatic heterocycles. The monoisotopic (exact) mass is 449 g/mol. The Hall–Kier alpha value is -3.92. The lowest BCUT2D eigenvalue weighted by molar-refractivity contribution is 0.601. The predicted octanol–water partition coefficient (Wildman–Crippen LogP) is 3.58. The highest BCUT2D eigenvalue weighted by molar-refractivity contribution is 7.92. The lowest BCUT2D eigenvalue weighted by atomic mass is 10.3. The molecular formula is C22H23N7O2S. The highest BCUT2D eigenvalue weighted by Crippen LogP contribution is 2.22. The fraction of sp³-hybridized carbons (Fsp3) is 0.136. The molecule has 164 valence electrons. The van der Waals surface area contributed by atoms with Gasteiger partial charge in [0.2, 0.25) is 5.95 Å². The lowest BCUT2D eigenvalue weighted by Gasteiger charge is -2.14. The van der Waals surface area contributed by atoms with Crippen molar-refractivity contribution in [3.8, 4) is 5.69 Å². The van der Waals surface area contributed by atoms with Gasteiger partial charge in [-0.15, -0.1) is 0 Å². The number of benzene rings is 2. The zero-order valence-electron chi connectivity index (χ0n) is 17.9. The lowest BCUT2D eigenvalue weighted by Crippen LogP contribution is -2.13. The van der Waals surface area contributed by atoms with Crippen LogP contribution in [0.5, 0.6) is 0 Å². The number of sulfonamides is 1. The number of hydrogen-bond donors (Lipinski definition) is 2. The molecule has 0 atom stereocenters. The van der Waals surface area contributed by atoms with Crippen LogP contribution in [0.4, 0.5) is 23.1 Å². The molecule has 0 unspecified atom stereocenters. The topological polar surface area (TPSA) is 105 Å². The van der Waals surface area contributed by atoms with Gasteiger partial charge in [-0.2, -0.15) is 10.1 Å². The molecule has 0 bridgehead atoms. The molecule has 2 heterocycles. The largest absolute Gasteiger partial charge is 0.363 e. The van der Waals surface area contributed by atoms with E-state index in [0.29, 0.717) is 11.6 Å². The van der Waals surface area contributed by atoms with Crippen LogP contribution in [0.25, 0.3) is 5.69 Å². The minimum Gasteiger partial charge on any atom is -0.363 e. The molecule has 0 aliphatic rings. The smallest absolute Gasteiger partial charge is 0.261 e. The Labute approximate surface area is 186 Å². The maximum absolute atomic E-state index is 12.7. The third-order valence-corrected chi connectivity index (χ3v) is 6.01. The minimum atomic E-state index is -3.72. The molecule has 10 heteroatoms. The maximum Gasteiger partial charge on any atom is 0.261 e. The molecule has 2 aromatic carbocycles. The normalized spacial score (nSPS) is 11.2. The van der Waals surface area contributed by atoms with E-state index in [-0.39, 0.29) is 4.90 Å². The molecule has 0 fully saturated rings. The molecule has 2 aromatic heterocycles. The fourth-order valence-electron chi connectivity index (χ4n) is 3.00. The predicted molar refractivity (Wildman–Crippen MR) is 125 cm³/mol. The number of anilines is 4. The van der Waals surface area contributed by atoms with Crippen molar-refractivity contribution in [3.05, 3.63) is 78.8 Å². The second kappa shape index (κ2) is 8.67. The summed E-state index contributed by atoms with van der Waals surface area (Å²) in [6, 6.07) is 17.1. The van der Waals surface area contributed by atoms with Gasteiger partial charge in [-0.05, 0) is 61.5 Å². The average Bonchev–Trinajstić information content (AvgIpc) is 3.30. The van der Waals surface area contributed by atoms with E-state index in [1.807, 2.05) is 32.0 Å².